The van der Waals surface area contributed by atoms with Crippen LogP contribution in [0.5, 0.6) is 0 Å². The second-order valence-corrected chi connectivity index (χ2v) is 12.2. The first kappa shape index (κ1) is 13.8. The van der Waals surface area contributed by atoms with E-state index in [0.717, 1.165) is 10.5 Å². The molecule has 0 N–H and O–H groups in total. The third kappa shape index (κ3) is 2.09. The minimum Gasteiger partial charge on any atom is -0.222 e. The molecule has 0 radical (unpaired) electrons. The Morgan fingerprint density at radius 2 is 1.73 bits per heavy atom. The van der Waals surface area contributed by atoms with E-state index in [9.17, 15) is 0 Å². The third-order valence-corrected chi connectivity index (χ3v) is 12.9. The van der Waals surface area contributed by atoms with Crippen LogP contribution in [0, 0.1) is 0 Å². The second-order valence-electron chi connectivity index (χ2n) is 5.32. The average Bonchev–Trinajstić information content (AvgIpc) is 2.53. The van der Waals surface area contributed by atoms with Gasteiger partial charge in [0.15, 0.2) is 0 Å². The van der Waals surface area contributed by atoms with Crippen molar-refractivity contribution < 1.29 is 0 Å². The lowest BCUT2D eigenvalue weighted by atomic mass is 10.3. The number of thioether (sulfide) groups is 1. The highest BCUT2D eigenvalue weighted by Crippen LogP contribution is 2.72. The van der Waals surface area contributed by atoms with Crippen LogP contribution in [-0.2, 0) is 0 Å². The van der Waals surface area contributed by atoms with Gasteiger partial charge in [0, 0.05) is 4.08 Å². The van der Waals surface area contributed by atoms with Gasteiger partial charge in [0.1, 0.15) is 0 Å². The summed E-state index contributed by atoms with van der Waals surface area (Å²) in [5.41, 5.74) is 0. The van der Waals surface area contributed by atoms with E-state index < -0.39 is 10.0 Å². The van der Waals surface area contributed by atoms with Crippen molar-refractivity contribution in [3.8, 4) is 0 Å². The largest absolute Gasteiger partial charge is 0.222 e. The van der Waals surface area contributed by atoms with Crippen LogP contribution in [0.1, 0.15) is 54.4 Å². The van der Waals surface area contributed by atoms with Crippen LogP contribution in [0.15, 0.2) is 0 Å². The van der Waals surface area contributed by atoms with Crippen molar-refractivity contribution in [3.63, 3.8) is 0 Å². The van der Waals surface area contributed by atoms with E-state index in [1.165, 1.54) is 24.3 Å². The summed E-state index contributed by atoms with van der Waals surface area (Å²) in [5.74, 6) is 2.80. The van der Waals surface area contributed by atoms with Crippen molar-refractivity contribution in [2.75, 3.05) is 11.5 Å². The number of hydrogen-bond donors (Lipinski definition) is 0. The van der Waals surface area contributed by atoms with Crippen LogP contribution in [0.4, 0.5) is 0 Å². The molecule has 0 nitrogen and oxygen atoms in total. The molecule has 0 aliphatic carbocycles. The van der Waals surface area contributed by atoms with Gasteiger partial charge >= 0.3 is 0 Å². The molecule has 1 saturated heterocycles. The molecular weight excluding hydrogens is 220 g/mol. The fraction of sp³-hybridized carbons (Fsp3) is 1.00. The van der Waals surface area contributed by atoms with Gasteiger partial charge in [0.2, 0.25) is 0 Å². The summed E-state index contributed by atoms with van der Waals surface area (Å²) >= 11 is 2.27. The van der Waals surface area contributed by atoms with Crippen molar-refractivity contribution in [3.05, 3.63) is 0 Å². The Morgan fingerprint density at radius 1 is 1.20 bits per heavy atom. The highest BCUT2D eigenvalue weighted by molar-refractivity contribution is 8.42. The van der Waals surface area contributed by atoms with Crippen LogP contribution in [0.3, 0.4) is 0 Å². The second kappa shape index (κ2) is 4.91. The normalized spacial score (nSPS) is 29.1. The molecule has 0 amide bonds. The highest BCUT2D eigenvalue weighted by atomic mass is 32.3. The highest BCUT2D eigenvalue weighted by Gasteiger charge is 2.48. The van der Waals surface area contributed by atoms with E-state index in [1.807, 2.05) is 0 Å². The Morgan fingerprint density at radius 3 is 2.00 bits per heavy atom. The van der Waals surface area contributed by atoms with E-state index in [4.69, 9.17) is 0 Å². The maximum Gasteiger partial charge on any atom is 0.0435 e. The first-order valence-corrected chi connectivity index (χ1v) is 9.24. The summed E-state index contributed by atoms with van der Waals surface area (Å²) in [6, 6.07) is 0. The Labute approximate surface area is 102 Å². The quantitative estimate of drug-likeness (QED) is 0.684. The Balaban J connectivity index is 3.08. The van der Waals surface area contributed by atoms with Crippen LogP contribution in [0.2, 0.25) is 0 Å². The van der Waals surface area contributed by atoms with Gasteiger partial charge in [0.05, 0.1) is 0 Å². The smallest absolute Gasteiger partial charge is 0.0435 e. The molecular formula is C13H28S2. The molecule has 0 spiro atoms. The van der Waals surface area contributed by atoms with Crippen LogP contribution >= 0.6 is 21.8 Å². The minimum atomic E-state index is -0.483. The van der Waals surface area contributed by atoms with Gasteiger partial charge in [-0.05, 0) is 41.8 Å². The molecule has 1 rings (SSSR count). The Kier molecular flexibility index (Phi) is 4.51. The van der Waals surface area contributed by atoms with Crippen molar-refractivity contribution in [1.29, 1.82) is 0 Å². The zero-order valence-corrected chi connectivity index (χ0v) is 12.9. The summed E-state index contributed by atoms with van der Waals surface area (Å²) in [7, 11) is -0.483. The van der Waals surface area contributed by atoms with E-state index >= 15 is 0 Å². The number of rotatable bonds is 4. The summed E-state index contributed by atoms with van der Waals surface area (Å²) in [6.45, 7) is 14.8. The Bertz CT molecular complexity index is 195. The van der Waals surface area contributed by atoms with E-state index in [1.54, 1.807) is 0 Å². The standard InChI is InChI=1S/C13H28S2/c1-7-15(11(2)3,12(4)5)13(6)9-8-10-14-13/h11-12H,7-10H2,1-6H3. The monoisotopic (exact) mass is 248 g/mol. The lowest BCUT2D eigenvalue weighted by Gasteiger charge is -2.57. The van der Waals surface area contributed by atoms with Crippen LogP contribution in [0.25, 0.3) is 0 Å². The molecule has 0 aromatic rings. The van der Waals surface area contributed by atoms with Crippen LogP contribution in [-0.4, -0.2) is 26.1 Å². The van der Waals surface area contributed by atoms with Gasteiger partial charge in [-0.1, -0.05) is 34.6 Å². The predicted molar refractivity (Wildman–Crippen MR) is 78.5 cm³/mol. The molecule has 1 atom stereocenters. The van der Waals surface area contributed by atoms with Crippen molar-refractivity contribution in [2.24, 2.45) is 0 Å². The van der Waals surface area contributed by atoms with E-state index in [0.29, 0.717) is 4.08 Å². The molecule has 0 aromatic carbocycles. The third-order valence-electron chi connectivity index (χ3n) is 4.15. The van der Waals surface area contributed by atoms with Gasteiger partial charge in [-0.25, -0.2) is 10.0 Å². The molecule has 0 bridgehead atoms. The number of hydrogen-bond acceptors (Lipinski definition) is 1. The molecule has 0 saturated carbocycles. The fourth-order valence-electron chi connectivity index (χ4n) is 3.57. The Hall–Kier alpha value is 0.700. The zero-order chi connectivity index (χ0) is 11.7. The summed E-state index contributed by atoms with van der Waals surface area (Å²) in [6.07, 6.45) is 2.90. The molecule has 1 heterocycles. The van der Waals surface area contributed by atoms with Gasteiger partial charge < -0.3 is 0 Å². The minimum absolute atomic E-state index is 0.483. The summed E-state index contributed by atoms with van der Waals surface area (Å²) in [5, 5.41) is 1.75. The van der Waals surface area contributed by atoms with Gasteiger partial charge in [-0.15, -0.1) is 11.8 Å². The lowest BCUT2D eigenvalue weighted by molar-refractivity contribution is 0.763. The summed E-state index contributed by atoms with van der Waals surface area (Å²) < 4.78 is 0.601. The van der Waals surface area contributed by atoms with Crippen molar-refractivity contribution in [1.82, 2.24) is 0 Å². The molecule has 1 fully saturated rings. The van der Waals surface area contributed by atoms with E-state index in [-0.39, 0.29) is 0 Å². The zero-order valence-electron chi connectivity index (χ0n) is 11.3. The molecule has 0 aromatic heterocycles. The average molecular weight is 249 g/mol. The first-order chi connectivity index (χ1) is 6.90. The van der Waals surface area contributed by atoms with Crippen LogP contribution < -0.4 is 0 Å². The molecule has 1 aliphatic heterocycles. The van der Waals surface area contributed by atoms with Gasteiger partial charge in [-0.3, -0.25) is 0 Å². The topological polar surface area (TPSA) is 0 Å². The lowest BCUT2D eigenvalue weighted by Crippen LogP contribution is -2.38. The van der Waals surface area contributed by atoms with Gasteiger partial charge in [0.25, 0.3) is 0 Å². The summed E-state index contributed by atoms with van der Waals surface area (Å²) in [4.78, 5) is 0. The molecule has 92 valence electrons. The molecule has 15 heavy (non-hydrogen) atoms. The predicted octanol–water partition coefficient (Wildman–Crippen LogP) is 4.87. The molecule has 2 heteroatoms. The van der Waals surface area contributed by atoms with E-state index in [2.05, 4.69) is 53.3 Å². The SMILES string of the molecule is CCS(C(C)C)(C(C)C)C1(C)CCCS1. The maximum atomic E-state index is 2.56. The molecule has 1 unspecified atom stereocenters. The van der Waals surface area contributed by atoms with Gasteiger partial charge in [-0.2, -0.15) is 0 Å². The maximum absolute atomic E-state index is 2.56. The van der Waals surface area contributed by atoms with Crippen molar-refractivity contribution >= 4 is 21.8 Å². The first-order valence-electron chi connectivity index (χ1n) is 6.33. The van der Waals surface area contributed by atoms with Crippen molar-refractivity contribution in [2.45, 2.75) is 69.0 Å². The molecule has 1 aliphatic rings. The fourth-order valence-corrected chi connectivity index (χ4v) is 12.8.